The second kappa shape index (κ2) is 5.57. The van der Waals surface area contributed by atoms with Gasteiger partial charge in [0.2, 0.25) is 0 Å². The van der Waals surface area contributed by atoms with Crippen LogP contribution in [0.15, 0.2) is 28.9 Å². The first-order valence-corrected chi connectivity index (χ1v) is 3.16. The van der Waals surface area contributed by atoms with E-state index in [4.69, 9.17) is 11.6 Å². The second-order valence-electron chi connectivity index (χ2n) is 1.60. The molecule has 0 N–H and O–H groups in total. The minimum Gasteiger partial charge on any atom is -0.253 e. The van der Waals surface area contributed by atoms with Gasteiger partial charge in [-0.15, -0.1) is 0 Å². The van der Waals surface area contributed by atoms with Gasteiger partial charge in [0.25, 0.3) is 0 Å². The summed E-state index contributed by atoms with van der Waals surface area (Å²) in [5, 5.41) is 0. The lowest BCUT2D eigenvalue weighted by molar-refractivity contribution is 1.45. The number of hydrogen-bond donors (Lipinski definition) is 0. The Morgan fingerprint density at radius 1 is 1.56 bits per heavy atom. The van der Waals surface area contributed by atoms with Gasteiger partial charge in [-0.25, -0.2) is 0 Å². The van der Waals surface area contributed by atoms with Crippen molar-refractivity contribution in [2.75, 3.05) is 0 Å². The molecule has 0 saturated carbocycles. The predicted octanol–water partition coefficient (Wildman–Crippen LogP) is 2.73. The minimum absolute atomic E-state index is 1.18. The molecule has 0 amide bonds. The third-order valence-corrected chi connectivity index (χ3v) is 1.05. The molecule has 0 atom stereocenters. The van der Waals surface area contributed by atoms with E-state index in [-0.39, 0.29) is 0 Å². The van der Waals surface area contributed by atoms with Crippen molar-refractivity contribution in [1.29, 1.82) is 0 Å². The van der Waals surface area contributed by atoms with Gasteiger partial charge in [-0.1, -0.05) is 23.3 Å². The Morgan fingerprint density at radius 2 is 2.22 bits per heavy atom. The Morgan fingerprint density at radius 3 is 2.67 bits per heavy atom. The third-order valence-electron chi connectivity index (χ3n) is 0.935. The van der Waals surface area contributed by atoms with Crippen molar-refractivity contribution in [3.8, 4) is 0 Å². The monoisotopic (exact) mass is 143 g/mol. The standard InChI is InChI=1S/C7H10ClN/c1-3-7(2)4-5-9-6-8/h3-6H,1-2H3/b5-4-,7-3+,9-6+. The second-order valence-corrected chi connectivity index (χ2v) is 1.79. The van der Waals surface area contributed by atoms with Crippen LogP contribution in [-0.4, -0.2) is 5.67 Å². The number of rotatable bonds is 2. The predicted molar refractivity (Wildman–Crippen MR) is 42.9 cm³/mol. The molecule has 0 rings (SSSR count). The number of nitrogens with zero attached hydrogens (tertiary/aromatic N) is 1. The van der Waals surface area contributed by atoms with Crippen LogP contribution in [-0.2, 0) is 0 Å². The lowest BCUT2D eigenvalue weighted by Crippen LogP contribution is -1.62. The van der Waals surface area contributed by atoms with E-state index in [1.807, 2.05) is 26.0 Å². The van der Waals surface area contributed by atoms with Gasteiger partial charge in [0, 0.05) is 6.20 Å². The molecule has 2 heteroatoms. The summed E-state index contributed by atoms with van der Waals surface area (Å²) in [6.45, 7) is 3.98. The SMILES string of the molecule is C/C=C(C)/C=C\N=C\Cl. The zero-order chi connectivity index (χ0) is 7.11. The molecule has 0 unspecified atom stereocenters. The normalized spacial score (nSPS) is 13.9. The Hall–Kier alpha value is -0.560. The molecular formula is C7H10ClN. The van der Waals surface area contributed by atoms with Crippen molar-refractivity contribution in [2.24, 2.45) is 4.99 Å². The fourth-order valence-corrected chi connectivity index (χ4v) is 0.354. The zero-order valence-electron chi connectivity index (χ0n) is 5.63. The highest BCUT2D eigenvalue weighted by Crippen LogP contribution is 1.92. The maximum atomic E-state index is 5.17. The van der Waals surface area contributed by atoms with Crippen LogP contribution in [0.4, 0.5) is 0 Å². The van der Waals surface area contributed by atoms with Crippen LogP contribution in [0.2, 0.25) is 0 Å². The van der Waals surface area contributed by atoms with E-state index in [0.29, 0.717) is 0 Å². The molecule has 9 heavy (non-hydrogen) atoms. The molecule has 0 aliphatic carbocycles. The molecule has 0 aromatic heterocycles. The lowest BCUT2D eigenvalue weighted by atomic mass is 10.3. The number of hydrogen-bond acceptors (Lipinski definition) is 1. The molecule has 0 aromatic carbocycles. The average molecular weight is 144 g/mol. The van der Waals surface area contributed by atoms with E-state index >= 15 is 0 Å². The van der Waals surface area contributed by atoms with E-state index in [9.17, 15) is 0 Å². The van der Waals surface area contributed by atoms with Gasteiger partial charge in [-0.05, 0) is 19.9 Å². The van der Waals surface area contributed by atoms with Gasteiger partial charge in [0.15, 0.2) is 0 Å². The van der Waals surface area contributed by atoms with Crippen LogP contribution in [0.3, 0.4) is 0 Å². The van der Waals surface area contributed by atoms with Crippen molar-refractivity contribution in [1.82, 2.24) is 0 Å². The van der Waals surface area contributed by atoms with Crippen molar-refractivity contribution < 1.29 is 0 Å². The van der Waals surface area contributed by atoms with Crippen molar-refractivity contribution >= 4 is 17.3 Å². The van der Waals surface area contributed by atoms with Gasteiger partial charge in [0.1, 0.15) is 0 Å². The largest absolute Gasteiger partial charge is 0.253 e. The lowest BCUT2D eigenvalue weighted by Gasteiger charge is -1.82. The maximum Gasteiger partial charge on any atom is 0.0926 e. The third kappa shape index (κ3) is 5.31. The molecule has 1 nitrogen and oxygen atoms in total. The topological polar surface area (TPSA) is 12.4 Å². The fourth-order valence-electron chi connectivity index (χ4n) is 0.289. The van der Waals surface area contributed by atoms with Crippen LogP contribution in [0.5, 0.6) is 0 Å². The van der Waals surface area contributed by atoms with Crippen LogP contribution in [0.1, 0.15) is 13.8 Å². The maximum absolute atomic E-state index is 5.17. The van der Waals surface area contributed by atoms with Crippen LogP contribution in [0, 0.1) is 0 Å². The summed E-state index contributed by atoms with van der Waals surface area (Å²) in [5.74, 6) is 0. The number of allylic oxidation sites excluding steroid dienone is 3. The van der Waals surface area contributed by atoms with E-state index in [1.165, 1.54) is 11.2 Å². The summed E-state index contributed by atoms with van der Waals surface area (Å²) >= 11 is 5.17. The fraction of sp³-hybridized carbons (Fsp3) is 0.286. The summed E-state index contributed by atoms with van der Waals surface area (Å²) in [6.07, 6.45) is 5.54. The number of halogens is 1. The number of aliphatic imine (C=N–C) groups is 1. The molecule has 0 aliphatic heterocycles. The highest BCUT2D eigenvalue weighted by atomic mass is 35.5. The van der Waals surface area contributed by atoms with E-state index < -0.39 is 0 Å². The van der Waals surface area contributed by atoms with Gasteiger partial charge in [0.05, 0.1) is 5.67 Å². The molecule has 0 spiro atoms. The van der Waals surface area contributed by atoms with Crippen LogP contribution in [0.25, 0.3) is 0 Å². The van der Waals surface area contributed by atoms with Gasteiger partial charge in [-0.3, -0.25) is 4.99 Å². The molecular weight excluding hydrogens is 134 g/mol. The molecule has 0 fully saturated rings. The molecule has 0 heterocycles. The summed E-state index contributed by atoms with van der Waals surface area (Å²) < 4.78 is 0. The van der Waals surface area contributed by atoms with E-state index in [1.54, 1.807) is 6.20 Å². The van der Waals surface area contributed by atoms with Crippen molar-refractivity contribution in [2.45, 2.75) is 13.8 Å². The quantitative estimate of drug-likeness (QED) is 0.417. The summed E-state index contributed by atoms with van der Waals surface area (Å²) in [4.78, 5) is 3.68. The van der Waals surface area contributed by atoms with Crippen molar-refractivity contribution in [3.63, 3.8) is 0 Å². The summed E-state index contributed by atoms with van der Waals surface area (Å²) in [7, 11) is 0. The first kappa shape index (κ1) is 8.44. The van der Waals surface area contributed by atoms with Crippen LogP contribution >= 0.6 is 11.6 Å². The zero-order valence-corrected chi connectivity index (χ0v) is 6.39. The summed E-state index contributed by atoms with van der Waals surface area (Å²) in [6, 6.07) is 0. The van der Waals surface area contributed by atoms with E-state index in [0.717, 1.165) is 0 Å². The Kier molecular flexibility index (Phi) is 5.23. The average Bonchev–Trinajstić information content (AvgIpc) is 1.89. The van der Waals surface area contributed by atoms with Crippen molar-refractivity contribution in [3.05, 3.63) is 23.9 Å². The highest BCUT2D eigenvalue weighted by Gasteiger charge is 1.72. The summed E-state index contributed by atoms with van der Waals surface area (Å²) in [5.41, 5.74) is 2.41. The van der Waals surface area contributed by atoms with Gasteiger partial charge >= 0.3 is 0 Å². The van der Waals surface area contributed by atoms with Gasteiger partial charge < -0.3 is 0 Å². The Balaban J connectivity index is 3.71. The first-order valence-electron chi connectivity index (χ1n) is 2.72. The smallest absolute Gasteiger partial charge is 0.0926 e. The first-order chi connectivity index (χ1) is 4.31. The van der Waals surface area contributed by atoms with Crippen LogP contribution < -0.4 is 0 Å². The molecule has 0 bridgehead atoms. The highest BCUT2D eigenvalue weighted by molar-refractivity contribution is 6.56. The molecule has 0 saturated heterocycles. The molecule has 50 valence electrons. The molecule has 0 aliphatic rings. The Bertz CT molecular complexity index is 145. The molecule has 0 aromatic rings. The van der Waals surface area contributed by atoms with E-state index in [2.05, 4.69) is 4.99 Å². The molecule has 0 radical (unpaired) electrons. The Labute approximate surface area is 60.7 Å². The van der Waals surface area contributed by atoms with Gasteiger partial charge in [-0.2, -0.15) is 0 Å². The minimum atomic E-state index is 1.18.